The quantitative estimate of drug-likeness (QED) is 0.316. The summed E-state index contributed by atoms with van der Waals surface area (Å²) < 4.78 is 56.4. The summed E-state index contributed by atoms with van der Waals surface area (Å²) in [5, 5.41) is 7.19. The third-order valence-corrected chi connectivity index (χ3v) is 4.53. The maximum Gasteiger partial charge on any atom is 0.355 e. The lowest BCUT2D eigenvalue weighted by atomic mass is 9.91. The van der Waals surface area contributed by atoms with Crippen LogP contribution in [-0.4, -0.2) is 31.6 Å². The molecule has 0 radical (unpaired) electrons. The first-order chi connectivity index (χ1) is 12.2. The van der Waals surface area contributed by atoms with Gasteiger partial charge in [-0.15, -0.1) is 10.2 Å². The molecule has 5 nitrogen and oxygen atoms in total. The molecule has 0 atom stereocenters. The number of aromatic nitrogens is 4. The van der Waals surface area contributed by atoms with Crippen LogP contribution in [0, 0.1) is 0 Å². The minimum absolute atomic E-state index is 0.214. The second kappa shape index (κ2) is 6.03. The van der Waals surface area contributed by atoms with Crippen molar-refractivity contribution in [3.8, 4) is 17.0 Å². The highest BCUT2D eigenvalue weighted by atomic mass is 127. The van der Waals surface area contributed by atoms with Gasteiger partial charge in [0.1, 0.15) is 11.9 Å². The standard InChI is InChI=1S/C16H11F4IN4O/c17-15(18)5-11(6-15)26-10-3-1-9(2-4-10)12-8-25-13(7-22-12)23-24-14(25)16(19,20)21/h1-4,7-8,11H,5-6H2. The zero-order chi connectivity index (χ0) is 18.5. The monoisotopic (exact) mass is 478 g/mol. The second-order valence-corrected chi connectivity index (χ2v) is 7.41. The maximum atomic E-state index is 13.6. The number of alkyl halides is 5. The Hall–Kier alpha value is -1.98. The minimum atomic E-state index is -3.17. The highest BCUT2D eigenvalue weighted by molar-refractivity contribution is 14.1. The molecule has 4 rings (SSSR count). The smallest absolute Gasteiger partial charge is 0.355 e. The molecular formula is C16H11F4IN4O. The molecule has 1 saturated carbocycles. The highest BCUT2D eigenvalue weighted by Crippen LogP contribution is 2.40. The van der Waals surface area contributed by atoms with Crippen molar-refractivity contribution in [3.63, 3.8) is 0 Å². The van der Waals surface area contributed by atoms with E-state index in [2.05, 4.69) is 15.2 Å². The van der Waals surface area contributed by atoms with Gasteiger partial charge in [0.25, 0.3) is 5.92 Å². The van der Waals surface area contributed by atoms with Crippen molar-refractivity contribution in [2.45, 2.75) is 28.8 Å². The first kappa shape index (κ1) is 17.4. The van der Waals surface area contributed by atoms with Gasteiger partial charge in [-0.3, -0.25) is 9.38 Å². The van der Waals surface area contributed by atoms with E-state index >= 15 is 0 Å². The lowest BCUT2D eigenvalue weighted by molar-refractivity contribution is -0.134. The van der Waals surface area contributed by atoms with Crippen molar-refractivity contribution in [1.29, 1.82) is 0 Å². The summed E-state index contributed by atoms with van der Waals surface area (Å²) in [5.74, 6) is -2.65. The molecule has 0 bridgehead atoms. The summed E-state index contributed by atoms with van der Waals surface area (Å²) in [6, 6.07) is 6.65. The molecule has 1 aliphatic rings. The number of hydrogen-bond donors (Lipinski definition) is 0. The fourth-order valence-corrected chi connectivity index (χ4v) is 3.10. The molecule has 10 heteroatoms. The van der Waals surface area contributed by atoms with Crippen LogP contribution in [0.3, 0.4) is 0 Å². The van der Waals surface area contributed by atoms with Crippen LogP contribution >= 0.6 is 22.6 Å². The minimum Gasteiger partial charge on any atom is -0.490 e. The molecule has 1 aromatic carbocycles. The van der Waals surface area contributed by atoms with E-state index in [4.69, 9.17) is 4.74 Å². The number of hydrogen-bond acceptors (Lipinski definition) is 4. The van der Waals surface area contributed by atoms with Crippen LogP contribution in [0.4, 0.5) is 17.6 Å². The third kappa shape index (κ3) is 3.33. The average molecular weight is 478 g/mol. The summed E-state index contributed by atoms with van der Waals surface area (Å²) in [4.78, 5) is 4.20. The molecule has 0 N–H and O–H groups in total. The maximum absolute atomic E-state index is 13.6. The molecule has 0 aliphatic heterocycles. The van der Waals surface area contributed by atoms with Gasteiger partial charge >= 0.3 is 3.93 Å². The molecular weight excluding hydrogens is 467 g/mol. The van der Waals surface area contributed by atoms with Gasteiger partial charge in [-0.2, -0.15) is 8.78 Å². The summed E-state index contributed by atoms with van der Waals surface area (Å²) >= 11 is 0.993. The number of halogens is 5. The summed E-state index contributed by atoms with van der Waals surface area (Å²) in [5.41, 5.74) is 1.32. The zero-order valence-corrected chi connectivity index (χ0v) is 15.2. The van der Waals surface area contributed by atoms with Gasteiger partial charge in [0.2, 0.25) is 5.82 Å². The van der Waals surface area contributed by atoms with Crippen molar-refractivity contribution in [1.82, 2.24) is 19.6 Å². The lowest BCUT2D eigenvalue weighted by Gasteiger charge is -2.34. The molecule has 0 amide bonds. The Balaban J connectivity index is 1.57. The molecule has 3 aromatic rings. The van der Waals surface area contributed by atoms with Gasteiger partial charge in [-0.1, -0.05) is 0 Å². The van der Waals surface area contributed by atoms with Crippen LogP contribution in [0.2, 0.25) is 0 Å². The molecule has 2 heterocycles. The van der Waals surface area contributed by atoms with Crippen LogP contribution in [0.15, 0.2) is 36.7 Å². The molecule has 1 fully saturated rings. The van der Waals surface area contributed by atoms with Crippen LogP contribution in [0.5, 0.6) is 5.75 Å². The van der Waals surface area contributed by atoms with Gasteiger partial charge in [0, 0.05) is 47.2 Å². The number of fused-ring (bicyclic) bond motifs is 1. The number of nitrogens with zero attached hydrogens (tertiary/aromatic N) is 4. The predicted molar refractivity (Wildman–Crippen MR) is 92.7 cm³/mol. The molecule has 1 aliphatic carbocycles. The normalized spacial score (nSPS) is 17.3. The number of rotatable bonds is 4. The van der Waals surface area contributed by atoms with Crippen LogP contribution in [0.25, 0.3) is 16.9 Å². The van der Waals surface area contributed by atoms with Gasteiger partial charge in [0.05, 0.1) is 11.9 Å². The Kier molecular flexibility index (Phi) is 4.04. The van der Waals surface area contributed by atoms with E-state index in [9.17, 15) is 17.6 Å². The Morgan fingerprint density at radius 1 is 1.15 bits per heavy atom. The van der Waals surface area contributed by atoms with E-state index in [1.807, 2.05) is 0 Å². The fourth-order valence-electron chi connectivity index (χ4n) is 2.73. The van der Waals surface area contributed by atoms with E-state index in [1.54, 1.807) is 24.3 Å². The summed E-state index contributed by atoms with van der Waals surface area (Å²) in [7, 11) is 0. The summed E-state index contributed by atoms with van der Waals surface area (Å²) in [6.07, 6.45) is 1.73. The van der Waals surface area contributed by atoms with Gasteiger partial charge in [0.15, 0.2) is 5.65 Å². The Morgan fingerprint density at radius 3 is 2.46 bits per heavy atom. The highest BCUT2D eigenvalue weighted by Gasteiger charge is 2.46. The topological polar surface area (TPSA) is 52.3 Å². The molecule has 0 saturated heterocycles. The van der Waals surface area contributed by atoms with Gasteiger partial charge < -0.3 is 4.74 Å². The third-order valence-electron chi connectivity index (χ3n) is 4.05. The van der Waals surface area contributed by atoms with Crippen molar-refractivity contribution < 1.29 is 22.3 Å². The van der Waals surface area contributed by atoms with Crippen LogP contribution in [0.1, 0.15) is 18.7 Å². The van der Waals surface area contributed by atoms with E-state index in [0.29, 0.717) is 17.0 Å². The van der Waals surface area contributed by atoms with Crippen molar-refractivity contribution in [2.24, 2.45) is 0 Å². The lowest BCUT2D eigenvalue weighted by Crippen LogP contribution is -2.43. The fraction of sp³-hybridized carbons (Fsp3) is 0.312. The molecule has 26 heavy (non-hydrogen) atoms. The Labute approximate surface area is 158 Å². The second-order valence-electron chi connectivity index (χ2n) is 6.05. The molecule has 0 spiro atoms. The molecule has 2 aromatic heterocycles. The number of benzene rings is 1. The first-order valence-corrected chi connectivity index (χ1v) is 8.72. The average Bonchev–Trinajstić information content (AvgIpc) is 2.97. The van der Waals surface area contributed by atoms with E-state index < -0.39 is 21.8 Å². The largest absolute Gasteiger partial charge is 0.490 e. The van der Waals surface area contributed by atoms with Gasteiger partial charge in [-0.05, 0) is 24.3 Å². The zero-order valence-electron chi connectivity index (χ0n) is 13.0. The Bertz CT molecular complexity index is 947. The summed E-state index contributed by atoms with van der Waals surface area (Å²) in [6.45, 7) is 0. The van der Waals surface area contributed by atoms with Crippen LogP contribution in [-0.2, 0) is 3.93 Å². The first-order valence-electron chi connectivity index (χ1n) is 7.64. The van der Waals surface area contributed by atoms with Crippen molar-refractivity contribution in [3.05, 3.63) is 42.5 Å². The Morgan fingerprint density at radius 2 is 1.85 bits per heavy atom. The van der Waals surface area contributed by atoms with Gasteiger partial charge in [-0.25, -0.2) is 8.78 Å². The SMILES string of the molecule is FC1(F)CC(Oc2ccc(-c3cn4c(C(F)(F)I)nnc4cn3)cc2)C1. The van der Waals surface area contributed by atoms with E-state index in [0.717, 1.165) is 22.6 Å². The van der Waals surface area contributed by atoms with E-state index in [1.165, 1.54) is 16.8 Å². The molecule has 0 unspecified atom stereocenters. The predicted octanol–water partition coefficient (Wildman–Crippen LogP) is 4.45. The van der Waals surface area contributed by atoms with Crippen molar-refractivity contribution in [2.75, 3.05) is 0 Å². The van der Waals surface area contributed by atoms with Crippen LogP contribution < -0.4 is 4.74 Å². The van der Waals surface area contributed by atoms with Crippen molar-refractivity contribution >= 4 is 28.2 Å². The van der Waals surface area contributed by atoms with E-state index in [-0.39, 0.29) is 18.5 Å². The molecule has 136 valence electrons. The number of ether oxygens (including phenoxy) is 1.